The fourth-order valence-electron chi connectivity index (χ4n) is 2.67. The summed E-state index contributed by atoms with van der Waals surface area (Å²) in [7, 11) is 1.56. The first kappa shape index (κ1) is 21.1. The van der Waals surface area contributed by atoms with Crippen LogP contribution in [0, 0.1) is 5.82 Å². The molecule has 30 heavy (non-hydrogen) atoms. The van der Waals surface area contributed by atoms with E-state index in [0.717, 1.165) is 5.56 Å². The maximum absolute atomic E-state index is 13.2. The molecule has 0 aliphatic carbocycles. The number of amides is 2. The second-order valence-corrected chi connectivity index (χ2v) is 6.64. The molecule has 3 aromatic rings. The highest BCUT2D eigenvalue weighted by Crippen LogP contribution is 2.21. The average Bonchev–Trinajstić information content (AvgIpc) is 2.75. The Bertz CT molecular complexity index is 1120. The molecular formula is C23H18ClFN2O3. The van der Waals surface area contributed by atoms with E-state index in [9.17, 15) is 14.0 Å². The van der Waals surface area contributed by atoms with E-state index in [1.165, 1.54) is 30.3 Å². The Labute approximate surface area is 178 Å². The number of carbonyl (C=O) groups excluding carboxylic acids is 2. The molecule has 0 heterocycles. The Morgan fingerprint density at radius 2 is 1.73 bits per heavy atom. The monoisotopic (exact) mass is 424 g/mol. The van der Waals surface area contributed by atoms with Crippen LogP contribution in [0.15, 0.2) is 72.8 Å². The Morgan fingerprint density at radius 1 is 0.967 bits per heavy atom. The van der Waals surface area contributed by atoms with Gasteiger partial charge in [0.15, 0.2) is 0 Å². The first-order valence-electron chi connectivity index (χ1n) is 8.95. The summed E-state index contributed by atoms with van der Waals surface area (Å²) in [5.41, 5.74) is 1.90. The summed E-state index contributed by atoms with van der Waals surface area (Å²) >= 11 is 5.73. The number of rotatable bonds is 6. The number of carbonyl (C=O) groups is 2. The zero-order valence-corrected chi connectivity index (χ0v) is 16.7. The predicted molar refractivity (Wildman–Crippen MR) is 116 cm³/mol. The number of halogens is 2. The maximum atomic E-state index is 13.2. The molecule has 0 atom stereocenters. The van der Waals surface area contributed by atoms with Crippen molar-refractivity contribution >= 4 is 40.9 Å². The van der Waals surface area contributed by atoms with Crippen molar-refractivity contribution in [2.75, 3.05) is 17.7 Å². The molecule has 0 aliphatic rings. The third-order valence-corrected chi connectivity index (χ3v) is 4.41. The van der Waals surface area contributed by atoms with Gasteiger partial charge >= 0.3 is 0 Å². The molecule has 2 amide bonds. The van der Waals surface area contributed by atoms with Crippen LogP contribution in [0.3, 0.4) is 0 Å². The summed E-state index contributed by atoms with van der Waals surface area (Å²) in [4.78, 5) is 24.7. The Hall–Kier alpha value is -3.64. The van der Waals surface area contributed by atoms with Crippen molar-refractivity contribution in [1.82, 2.24) is 0 Å². The van der Waals surface area contributed by atoms with E-state index < -0.39 is 11.7 Å². The molecule has 0 aromatic heterocycles. The van der Waals surface area contributed by atoms with E-state index in [2.05, 4.69) is 10.6 Å². The lowest BCUT2D eigenvalue weighted by molar-refractivity contribution is -0.111. The largest absolute Gasteiger partial charge is 0.496 e. The smallest absolute Gasteiger partial charge is 0.255 e. The lowest BCUT2D eigenvalue weighted by atomic mass is 10.1. The predicted octanol–water partition coefficient (Wildman–Crippen LogP) is 5.39. The van der Waals surface area contributed by atoms with Gasteiger partial charge in [-0.1, -0.05) is 35.9 Å². The van der Waals surface area contributed by atoms with Gasteiger partial charge in [0.25, 0.3) is 5.91 Å². The molecule has 0 bridgehead atoms. The highest BCUT2D eigenvalue weighted by Gasteiger charge is 2.09. The molecule has 3 rings (SSSR count). The van der Waals surface area contributed by atoms with Gasteiger partial charge in [-0.15, -0.1) is 0 Å². The highest BCUT2D eigenvalue weighted by atomic mass is 35.5. The third kappa shape index (κ3) is 5.46. The van der Waals surface area contributed by atoms with Gasteiger partial charge in [-0.05, 0) is 48.5 Å². The summed E-state index contributed by atoms with van der Waals surface area (Å²) in [6, 6.07) is 17.7. The second kappa shape index (κ2) is 9.71. The van der Waals surface area contributed by atoms with Gasteiger partial charge in [-0.3, -0.25) is 9.59 Å². The first-order valence-corrected chi connectivity index (χ1v) is 9.32. The van der Waals surface area contributed by atoms with Crippen LogP contribution in [0.5, 0.6) is 5.75 Å². The molecule has 3 aromatic carbocycles. The molecule has 0 saturated carbocycles. The Kier molecular flexibility index (Phi) is 6.83. The molecule has 0 saturated heterocycles. The molecule has 2 N–H and O–H groups in total. The summed E-state index contributed by atoms with van der Waals surface area (Å²) in [5, 5.41) is 5.26. The van der Waals surface area contributed by atoms with Gasteiger partial charge in [-0.25, -0.2) is 4.39 Å². The molecule has 0 fully saturated rings. The molecular weight excluding hydrogens is 407 g/mol. The van der Waals surface area contributed by atoms with Crippen molar-refractivity contribution in [3.05, 3.63) is 94.8 Å². The standard InChI is InChI=1S/C23H18ClFN2O3/c1-30-21-8-3-2-5-15(21)9-12-22(28)26-17-7-4-6-16(13-17)23(29)27-18-10-11-20(25)19(24)14-18/h2-14H,1H3,(H,26,28)(H,27,29)/b12-9+. The Balaban J connectivity index is 1.67. The van der Waals surface area contributed by atoms with Crippen molar-refractivity contribution in [1.29, 1.82) is 0 Å². The lowest BCUT2D eigenvalue weighted by Gasteiger charge is -2.08. The van der Waals surface area contributed by atoms with E-state index >= 15 is 0 Å². The van der Waals surface area contributed by atoms with Crippen LogP contribution in [0.4, 0.5) is 15.8 Å². The lowest BCUT2D eigenvalue weighted by Crippen LogP contribution is -2.13. The van der Waals surface area contributed by atoms with Crippen LogP contribution in [0.2, 0.25) is 5.02 Å². The number of benzene rings is 3. The average molecular weight is 425 g/mol. The molecule has 7 heteroatoms. The zero-order valence-electron chi connectivity index (χ0n) is 16.0. The number of ether oxygens (including phenoxy) is 1. The van der Waals surface area contributed by atoms with Crippen LogP contribution in [-0.4, -0.2) is 18.9 Å². The van der Waals surface area contributed by atoms with Crippen molar-refractivity contribution in [3.8, 4) is 5.75 Å². The molecule has 0 radical (unpaired) electrons. The summed E-state index contributed by atoms with van der Waals surface area (Å²) < 4.78 is 18.5. The van der Waals surface area contributed by atoms with Crippen LogP contribution in [0.25, 0.3) is 6.08 Å². The fraction of sp³-hybridized carbons (Fsp3) is 0.0435. The minimum Gasteiger partial charge on any atom is -0.496 e. The van der Waals surface area contributed by atoms with E-state index in [0.29, 0.717) is 22.7 Å². The second-order valence-electron chi connectivity index (χ2n) is 6.23. The van der Waals surface area contributed by atoms with E-state index in [1.54, 1.807) is 37.5 Å². The minimum absolute atomic E-state index is 0.0874. The molecule has 5 nitrogen and oxygen atoms in total. The molecule has 0 spiro atoms. The summed E-state index contributed by atoms with van der Waals surface area (Å²) in [6.45, 7) is 0. The third-order valence-electron chi connectivity index (χ3n) is 4.12. The van der Waals surface area contributed by atoms with E-state index in [4.69, 9.17) is 16.3 Å². The van der Waals surface area contributed by atoms with Crippen molar-refractivity contribution < 1.29 is 18.7 Å². The number of hydrogen-bond donors (Lipinski definition) is 2. The van der Waals surface area contributed by atoms with Gasteiger partial charge in [-0.2, -0.15) is 0 Å². The van der Waals surface area contributed by atoms with Crippen LogP contribution in [0.1, 0.15) is 15.9 Å². The summed E-state index contributed by atoms with van der Waals surface area (Å²) in [6.07, 6.45) is 3.02. The number of para-hydroxylation sites is 1. The van der Waals surface area contributed by atoms with Gasteiger partial charge in [0.2, 0.25) is 5.91 Å². The quantitative estimate of drug-likeness (QED) is 0.521. The normalized spacial score (nSPS) is 10.6. The Morgan fingerprint density at radius 3 is 2.50 bits per heavy atom. The van der Waals surface area contributed by atoms with Crippen LogP contribution >= 0.6 is 11.6 Å². The van der Waals surface area contributed by atoms with Crippen molar-refractivity contribution in [2.45, 2.75) is 0 Å². The van der Waals surface area contributed by atoms with Crippen LogP contribution in [-0.2, 0) is 4.79 Å². The molecule has 0 aliphatic heterocycles. The highest BCUT2D eigenvalue weighted by molar-refractivity contribution is 6.31. The first-order chi connectivity index (χ1) is 14.5. The van der Waals surface area contributed by atoms with Gasteiger partial charge in [0.05, 0.1) is 12.1 Å². The molecule has 0 unspecified atom stereocenters. The van der Waals surface area contributed by atoms with Crippen LogP contribution < -0.4 is 15.4 Å². The van der Waals surface area contributed by atoms with Gasteiger partial charge in [0, 0.05) is 28.6 Å². The number of nitrogens with one attached hydrogen (secondary N) is 2. The van der Waals surface area contributed by atoms with E-state index in [1.807, 2.05) is 18.2 Å². The van der Waals surface area contributed by atoms with Gasteiger partial charge < -0.3 is 15.4 Å². The maximum Gasteiger partial charge on any atom is 0.255 e. The zero-order chi connectivity index (χ0) is 21.5. The van der Waals surface area contributed by atoms with Crippen molar-refractivity contribution in [3.63, 3.8) is 0 Å². The fourth-order valence-corrected chi connectivity index (χ4v) is 2.85. The minimum atomic E-state index is -0.569. The topological polar surface area (TPSA) is 67.4 Å². The SMILES string of the molecule is COc1ccccc1/C=C/C(=O)Nc1cccc(C(=O)Nc2ccc(F)c(Cl)c2)c1. The molecule has 152 valence electrons. The number of methoxy groups -OCH3 is 1. The van der Waals surface area contributed by atoms with E-state index in [-0.39, 0.29) is 10.9 Å². The number of hydrogen-bond acceptors (Lipinski definition) is 3. The van der Waals surface area contributed by atoms with Crippen molar-refractivity contribution in [2.24, 2.45) is 0 Å². The number of anilines is 2. The van der Waals surface area contributed by atoms with Gasteiger partial charge in [0.1, 0.15) is 11.6 Å². The summed E-state index contributed by atoms with van der Waals surface area (Å²) in [5.74, 6) is -0.691.